The molecule has 0 amide bonds. The average molecular weight is 773 g/mol. The number of ether oxygens (including phenoxy) is 2. The summed E-state index contributed by atoms with van der Waals surface area (Å²) < 4.78 is 26.2. The van der Waals surface area contributed by atoms with Crippen molar-refractivity contribution in [1.82, 2.24) is 0 Å². The standard InChI is InChI=1S/C42H77O10P/c1-3-5-7-9-11-13-15-17-18-19-20-22-24-26-28-30-34-42(46)52-38(37-51-53(47,48)49)36-50-41(45)35-31-33-40(44)39(43)32-29-27-25-23-21-16-14-12-10-8-6-4-2/h12,14,21,23,27,29,38-40,43-44H,3-11,13,15-20,22,24-26,28,30-37H2,1-2H3,(H2,47,48,49)/b14-12-,23-21-,29-27-/t38-,39?,40?/m1/s1. The second-order valence-corrected chi connectivity index (χ2v) is 15.5. The van der Waals surface area contributed by atoms with E-state index < -0.39 is 51.3 Å². The van der Waals surface area contributed by atoms with Crippen molar-refractivity contribution in [3.63, 3.8) is 0 Å². The van der Waals surface area contributed by atoms with Crippen molar-refractivity contribution in [3.8, 4) is 0 Å². The minimum atomic E-state index is -4.82. The van der Waals surface area contributed by atoms with Gasteiger partial charge in [-0.15, -0.1) is 0 Å². The molecule has 0 fully saturated rings. The number of phosphoric acid groups is 1. The first-order valence-electron chi connectivity index (χ1n) is 20.9. The van der Waals surface area contributed by atoms with Crippen molar-refractivity contribution in [2.45, 2.75) is 206 Å². The van der Waals surface area contributed by atoms with Gasteiger partial charge in [0.05, 0.1) is 18.8 Å². The molecular weight excluding hydrogens is 695 g/mol. The highest BCUT2D eigenvalue weighted by Crippen LogP contribution is 2.36. The van der Waals surface area contributed by atoms with Crippen LogP contribution in [0.15, 0.2) is 36.5 Å². The first-order chi connectivity index (χ1) is 25.6. The van der Waals surface area contributed by atoms with Crippen LogP contribution >= 0.6 is 7.82 Å². The van der Waals surface area contributed by atoms with Crippen molar-refractivity contribution in [2.24, 2.45) is 0 Å². The summed E-state index contributed by atoms with van der Waals surface area (Å²) in [6.45, 7) is 3.41. The molecular formula is C42H77O10P. The van der Waals surface area contributed by atoms with Gasteiger partial charge in [0.15, 0.2) is 6.10 Å². The van der Waals surface area contributed by atoms with Crippen LogP contribution in [-0.4, -0.2) is 63.5 Å². The van der Waals surface area contributed by atoms with E-state index in [4.69, 9.17) is 19.3 Å². The number of hydrogen-bond acceptors (Lipinski definition) is 8. The maximum atomic E-state index is 12.4. The highest BCUT2D eigenvalue weighted by molar-refractivity contribution is 7.46. The molecule has 0 heterocycles. The number of rotatable bonds is 38. The molecule has 0 aromatic carbocycles. The monoisotopic (exact) mass is 773 g/mol. The quantitative estimate of drug-likeness (QED) is 0.0206. The predicted molar refractivity (Wildman–Crippen MR) is 214 cm³/mol. The molecule has 4 N–H and O–H groups in total. The zero-order valence-corrected chi connectivity index (χ0v) is 34.3. The molecule has 53 heavy (non-hydrogen) atoms. The Balaban J connectivity index is 4.15. The molecule has 10 nitrogen and oxygen atoms in total. The minimum absolute atomic E-state index is 0.0450. The molecule has 0 aromatic heterocycles. The van der Waals surface area contributed by atoms with Crippen LogP contribution in [0.1, 0.15) is 187 Å². The molecule has 0 saturated heterocycles. The fourth-order valence-electron chi connectivity index (χ4n) is 5.83. The van der Waals surface area contributed by atoms with Crippen LogP contribution in [0.5, 0.6) is 0 Å². The molecule has 0 aliphatic carbocycles. The molecule has 0 aliphatic rings. The third-order valence-electron chi connectivity index (χ3n) is 9.11. The van der Waals surface area contributed by atoms with Gasteiger partial charge in [-0.25, -0.2) is 4.57 Å². The van der Waals surface area contributed by atoms with Crippen molar-refractivity contribution >= 4 is 19.8 Å². The van der Waals surface area contributed by atoms with Crippen LogP contribution in [0.3, 0.4) is 0 Å². The lowest BCUT2D eigenvalue weighted by molar-refractivity contribution is -0.161. The second kappa shape index (κ2) is 37.1. The van der Waals surface area contributed by atoms with Gasteiger partial charge in [0.2, 0.25) is 0 Å². The van der Waals surface area contributed by atoms with Crippen LogP contribution < -0.4 is 0 Å². The Morgan fingerprint density at radius 3 is 1.58 bits per heavy atom. The van der Waals surface area contributed by atoms with Crippen LogP contribution in [0, 0.1) is 0 Å². The lowest BCUT2D eigenvalue weighted by atomic mass is 10.0. The summed E-state index contributed by atoms with van der Waals surface area (Å²) >= 11 is 0. The van der Waals surface area contributed by atoms with Gasteiger partial charge in [0.1, 0.15) is 6.61 Å². The van der Waals surface area contributed by atoms with Crippen molar-refractivity contribution in [1.29, 1.82) is 0 Å². The summed E-state index contributed by atoms with van der Waals surface area (Å²) in [5.74, 6) is -1.16. The van der Waals surface area contributed by atoms with Crippen molar-refractivity contribution < 1.29 is 48.2 Å². The van der Waals surface area contributed by atoms with E-state index in [1.165, 1.54) is 96.3 Å². The Morgan fingerprint density at radius 2 is 1.04 bits per heavy atom. The van der Waals surface area contributed by atoms with Gasteiger partial charge in [-0.1, -0.05) is 159 Å². The molecule has 0 rings (SSSR count). The number of aliphatic hydroxyl groups is 2. The van der Waals surface area contributed by atoms with E-state index in [0.29, 0.717) is 12.8 Å². The third-order valence-corrected chi connectivity index (χ3v) is 9.60. The third kappa shape index (κ3) is 38.3. The highest BCUT2D eigenvalue weighted by atomic mass is 31.2. The zero-order valence-electron chi connectivity index (χ0n) is 33.4. The number of hydrogen-bond donors (Lipinski definition) is 4. The number of unbranched alkanes of at least 4 members (excludes halogenated alkanes) is 18. The van der Waals surface area contributed by atoms with Crippen LogP contribution in [0.2, 0.25) is 0 Å². The van der Waals surface area contributed by atoms with Gasteiger partial charge in [-0.2, -0.15) is 0 Å². The molecule has 310 valence electrons. The van der Waals surface area contributed by atoms with Gasteiger partial charge in [0.25, 0.3) is 0 Å². The summed E-state index contributed by atoms with van der Waals surface area (Å²) in [4.78, 5) is 42.9. The van der Waals surface area contributed by atoms with Crippen LogP contribution in [-0.2, 0) is 28.2 Å². The zero-order chi connectivity index (χ0) is 39.3. The number of phosphoric ester groups is 1. The van der Waals surface area contributed by atoms with E-state index in [1.807, 2.05) is 12.2 Å². The molecule has 0 spiro atoms. The molecule has 0 aromatic rings. The number of carbonyl (C=O) groups is 2. The maximum Gasteiger partial charge on any atom is 0.469 e. The van der Waals surface area contributed by atoms with E-state index in [-0.39, 0.29) is 25.7 Å². The second-order valence-electron chi connectivity index (χ2n) is 14.3. The van der Waals surface area contributed by atoms with Gasteiger partial charge >= 0.3 is 19.8 Å². The predicted octanol–water partition coefficient (Wildman–Crippen LogP) is 10.5. The molecule has 11 heteroatoms. The number of aliphatic hydroxyl groups excluding tert-OH is 2. The fraction of sp³-hybridized carbons (Fsp3) is 0.810. The van der Waals surface area contributed by atoms with E-state index in [9.17, 15) is 24.4 Å². The minimum Gasteiger partial charge on any atom is -0.462 e. The Hall–Kier alpha value is -1.81. The lowest BCUT2D eigenvalue weighted by Crippen LogP contribution is -2.29. The summed E-state index contributed by atoms with van der Waals surface area (Å²) in [6, 6.07) is 0. The molecule has 0 radical (unpaired) electrons. The Morgan fingerprint density at radius 1 is 0.566 bits per heavy atom. The van der Waals surface area contributed by atoms with Gasteiger partial charge in [-0.05, 0) is 51.4 Å². The van der Waals surface area contributed by atoms with E-state index in [0.717, 1.165) is 38.5 Å². The lowest BCUT2D eigenvalue weighted by Gasteiger charge is -2.19. The smallest absolute Gasteiger partial charge is 0.462 e. The largest absolute Gasteiger partial charge is 0.469 e. The fourth-order valence-corrected chi connectivity index (χ4v) is 6.19. The molecule has 0 aliphatic heterocycles. The van der Waals surface area contributed by atoms with Gasteiger partial charge in [0, 0.05) is 12.8 Å². The van der Waals surface area contributed by atoms with Gasteiger partial charge < -0.3 is 29.5 Å². The SMILES string of the molecule is CCCCC/C=C\C/C=C\C/C=C\CC(O)C(O)CCCC(=O)OC[C@H](COP(=O)(O)O)OC(=O)CCCCCCCCCCCCCCCCCC. The maximum absolute atomic E-state index is 12.4. The first-order valence-corrected chi connectivity index (χ1v) is 22.5. The van der Waals surface area contributed by atoms with E-state index in [2.05, 4.69) is 42.7 Å². The Labute approximate surface area is 322 Å². The summed E-state index contributed by atoms with van der Waals surface area (Å²) in [5.41, 5.74) is 0. The van der Waals surface area contributed by atoms with Crippen molar-refractivity contribution in [3.05, 3.63) is 36.5 Å². The first kappa shape index (κ1) is 51.2. The summed E-state index contributed by atoms with van der Waals surface area (Å²) in [5, 5.41) is 20.5. The number of allylic oxidation sites excluding steroid dienone is 5. The molecule has 0 bridgehead atoms. The number of esters is 2. The summed E-state index contributed by atoms with van der Waals surface area (Å²) in [7, 11) is -4.82. The van der Waals surface area contributed by atoms with Crippen LogP contribution in [0.25, 0.3) is 0 Å². The average Bonchev–Trinajstić information content (AvgIpc) is 3.12. The van der Waals surface area contributed by atoms with Gasteiger partial charge in [-0.3, -0.25) is 14.1 Å². The molecule has 3 atom stereocenters. The Kier molecular flexibility index (Phi) is 35.9. The Bertz CT molecular complexity index is 992. The highest BCUT2D eigenvalue weighted by Gasteiger charge is 2.23. The van der Waals surface area contributed by atoms with E-state index >= 15 is 0 Å². The van der Waals surface area contributed by atoms with Crippen molar-refractivity contribution in [2.75, 3.05) is 13.2 Å². The van der Waals surface area contributed by atoms with Crippen LogP contribution in [0.4, 0.5) is 0 Å². The van der Waals surface area contributed by atoms with E-state index in [1.54, 1.807) is 0 Å². The topological polar surface area (TPSA) is 160 Å². The normalized spacial score (nSPS) is 14.0. The summed E-state index contributed by atoms with van der Waals surface area (Å²) in [6.07, 6.45) is 36.1. The number of carbonyl (C=O) groups excluding carboxylic acids is 2. The molecule has 2 unspecified atom stereocenters. The molecule has 0 saturated carbocycles.